The average molecular weight is 383 g/mol. The smallest absolute Gasteiger partial charge is 0.0976 e. The van der Waals surface area contributed by atoms with E-state index in [2.05, 4.69) is 42.2 Å². The van der Waals surface area contributed by atoms with Crippen molar-refractivity contribution in [3.63, 3.8) is 0 Å². The Bertz CT molecular complexity index is 961. The first-order chi connectivity index (χ1) is 12.5. The van der Waals surface area contributed by atoms with Crippen molar-refractivity contribution in [2.75, 3.05) is 0 Å². The molecule has 1 aromatic carbocycles. The molecule has 0 fully saturated rings. The van der Waals surface area contributed by atoms with Crippen LogP contribution >= 0.6 is 22.9 Å². The van der Waals surface area contributed by atoms with Gasteiger partial charge < -0.3 is 5.21 Å². The zero-order chi connectivity index (χ0) is 18.3. The number of aromatic nitrogens is 1. The van der Waals surface area contributed by atoms with E-state index in [1.165, 1.54) is 11.1 Å². The minimum absolute atomic E-state index is 0.0705. The first kappa shape index (κ1) is 17.3. The lowest BCUT2D eigenvalue weighted by Gasteiger charge is -2.39. The van der Waals surface area contributed by atoms with Crippen LogP contribution in [0.1, 0.15) is 42.2 Å². The number of nitrogens with zero attached hydrogens (tertiary/aromatic N) is 2. The predicted molar refractivity (Wildman–Crippen MR) is 108 cm³/mol. The Kier molecular flexibility index (Phi) is 4.33. The minimum Gasteiger partial charge on any atom is -0.411 e. The van der Waals surface area contributed by atoms with Crippen molar-refractivity contribution in [3.8, 4) is 10.4 Å². The summed E-state index contributed by atoms with van der Waals surface area (Å²) in [6, 6.07) is 14.3. The molecule has 5 heteroatoms. The molecule has 0 saturated heterocycles. The summed E-state index contributed by atoms with van der Waals surface area (Å²) in [6.07, 6.45) is 4.32. The van der Waals surface area contributed by atoms with Gasteiger partial charge in [0.15, 0.2) is 0 Å². The van der Waals surface area contributed by atoms with Gasteiger partial charge in [-0.3, -0.25) is 4.98 Å². The van der Waals surface area contributed by atoms with E-state index in [9.17, 15) is 5.21 Å². The van der Waals surface area contributed by atoms with Gasteiger partial charge >= 0.3 is 0 Å². The number of rotatable bonds is 2. The molecule has 3 nitrogen and oxygen atoms in total. The Morgan fingerprint density at radius 2 is 1.85 bits per heavy atom. The fourth-order valence-electron chi connectivity index (χ4n) is 3.91. The van der Waals surface area contributed by atoms with Gasteiger partial charge in [0.2, 0.25) is 0 Å². The Labute approximate surface area is 162 Å². The van der Waals surface area contributed by atoms with Crippen molar-refractivity contribution >= 4 is 28.6 Å². The highest BCUT2D eigenvalue weighted by atomic mass is 35.5. The second kappa shape index (κ2) is 6.53. The van der Waals surface area contributed by atoms with E-state index in [1.807, 2.05) is 24.3 Å². The van der Waals surface area contributed by atoms with E-state index in [1.54, 1.807) is 23.7 Å². The zero-order valence-electron chi connectivity index (χ0n) is 14.6. The molecule has 0 radical (unpaired) electrons. The third-order valence-electron chi connectivity index (χ3n) is 5.03. The van der Waals surface area contributed by atoms with E-state index in [-0.39, 0.29) is 11.3 Å². The monoisotopic (exact) mass is 382 g/mol. The molecule has 0 spiro atoms. The van der Waals surface area contributed by atoms with Crippen molar-refractivity contribution in [1.29, 1.82) is 0 Å². The van der Waals surface area contributed by atoms with Gasteiger partial charge in [-0.05, 0) is 52.4 Å². The van der Waals surface area contributed by atoms with Gasteiger partial charge in [-0.25, -0.2) is 0 Å². The van der Waals surface area contributed by atoms with Crippen LogP contribution in [0.4, 0.5) is 0 Å². The average Bonchev–Trinajstić information content (AvgIpc) is 3.07. The van der Waals surface area contributed by atoms with Crippen LogP contribution < -0.4 is 0 Å². The first-order valence-electron chi connectivity index (χ1n) is 8.50. The molecule has 0 aliphatic heterocycles. The van der Waals surface area contributed by atoms with E-state index in [0.717, 1.165) is 32.5 Å². The lowest BCUT2D eigenvalue weighted by Crippen LogP contribution is -2.32. The number of oxime groups is 1. The van der Waals surface area contributed by atoms with Gasteiger partial charge in [0.1, 0.15) is 0 Å². The Balaban J connectivity index is 1.91. The molecular formula is C21H19ClN2OS. The summed E-state index contributed by atoms with van der Waals surface area (Å²) in [4.78, 5) is 6.34. The second-order valence-corrected chi connectivity index (χ2v) is 8.82. The number of fused-ring (bicyclic) bond motifs is 1. The largest absolute Gasteiger partial charge is 0.411 e. The Morgan fingerprint density at radius 3 is 2.50 bits per heavy atom. The van der Waals surface area contributed by atoms with Crippen LogP contribution in [0.15, 0.2) is 60.0 Å². The van der Waals surface area contributed by atoms with Crippen LogP contribution in [0.3, 0.4) is 0 Å². The van der Waals surface area contributed by atoms with Crippen LogP contribution in [0.5, 0.6) is 0 Å². The quantitative estimate of drug-likeness (QED) is 0.423. The molecular weight excluding hydrogens is 364 g/mol. The molecule has 3 aromatic rings. The van der Waals surface area contributed by atoms with E-state index < -0.39 is 0 Å². The number of thiophene rings is 1. The molecule has 2 aromatic heterocycles. The summed E-state index contributed by atoms with van der Waals surface area (Å²) < 4.78 is 0. The highest BCUT2D eigenvalue weighted by Crippen LogP contribution is 2.52. The fourth-order valence-corrected chi connectivity index (χ4v) is 5.22. The van der Waals surface area contributed by atoms with E-state index >= 15 is 0 Å². The summed E-state index contributed by atoms with van der Waals surface area (Å²) in [5, 5.41) is 14.0. The summed E-state index contributed by atoms with van der Waals surface area (Å²) in [6.45, 7) is 4.45. The van der Waals surface area contributed by atoms with Crippen LogP contribution in [-0.4, -0.2) is 15.9 Å². The van der Waals surface area contributed by atoms with Crippen LogP contribution in [0, 0.1) is 5.41 Å². The fraction of sp³-hybridized carbons (Fsp3) is 0.238. The maximum atomic E-state index is 9.61. The Hall–Kier alpha value is -2.17. The molecule has 1 unspecified atom stereocenters. The predicted octanol–water partition coefficient (Wildman–Crippen LogP) is 6.20. The van der Waals surface area contributed by atoms with Gasteiger partial charge in [-0.2, -0.15) is 0 Å². The first-order valence-corrected chi connectivity index (χ1v) is 9.70. The lowest BCUT2D eigenvalue weighted by atomic mass is 9.65. The Morgan fingerprint density at radius 1 is 1.15 bits per heavy atom. The van der Waals surface area contributed by atoms with Crippen molar-refractivity contribution in [2.24, 2.45) is 10.6 Å². The molecule has 132 valence electrons. The van der Waals surface area contributed by atoms with Crippen LogP contribution in [0.2, 0.25) is 5.02 Å². The number of benzene rings is 1. The van der Waals surface area contributed by atoms with Crippen molar-refractivity contribution in [3.05, 3.63) is 75.9 Å². The van der Waals surface area contributed by atoms with Gasteiger partial charge in [0.25, 0.3) is 0 Å². The van der Waals surface area contributed by atoms with Crippen molar-refractivity contribution < 1.29 is 5.21 Å². The van der Waals surface area contributed by atoms with Crippen molar-refractivity contribution in [1.82, 2.24) is 4.98 Å². The third kappa shape index (κ3) is 2.93. The molecule has 0 amide bonds. The molecule has 26 heavy (non-hydrogen) atoms. The molecule has 2 heterocycles. The molecule has 1 aliphatic rings. The van der Waals surface area contributed by atoms with Crippen LogP contribution in [0.25, 0.3) is 10.4 Å². The van der Waals surface area contributed by atoms with Crippen molar-refractivity contribution in [2.45, 2.75) is 26.2 Å². The normalized spacial score (nSPS) is 20.1. The standard InChI is InChI=1S/C21H19ClN2OS/c1-21(2)12-17(24-25)20-16(19(21)14-3-5-15(22)6-4-14)11-18(26-20)13-7-9-23-10-8-13/h3-11,19,25H,12H2,1-2H3/b24-17+. The van der Waals surface area contributed by atoms with E-state index in [0.29, 0.717) is 0 Å². The summed E-state index contributed by atoms with van der Waals surface area (Å²) in [5.41, 5.74) is 4.27. The number of pyridine rings is 1. The SMILES string of the molecule is CC1(C)C/C(=N\O)c2sc(-c3ccncc3)cc2C1c1ccc(Cl)cc1. The van der Waals surface area contributed by atoms with Gasteiger partial charge in [-0.1, -0.05) is 42.7 Å². The molecule has 4 rings (SSSR count). The molecule has 0 bridgehead atoms. The highest BCUT2D eigenvalue weighted by molar-refractivity contribution is 7.17. The molecule has 1 atom stereocenters. The van der Waals surface area contributed by atoms with Gasteiger partial charge in [-0.15, -0.1) is 11.3 Å². The van der Waals surface area contributed by atoms with Gasteiger partial charge in [0, 0.05) is 34.6 Å². The van der Waals surface area contributed by atoms with Crippen LogP contribution in [-0.2, 0) is 0 Å². The summed E-state index contributed by atoms with van der Waals surface area (Å²) in [5.74, 6) is 0.215. The number of hydrogen-bond acceptors (Lipinski definition) is 4. The number of hydrogen-bond donors (Lipinski definition) is 1. The zero-order valence-corrected chi connectivity index (χ0v) is 16.2. The third-order valence-corrected chi connectivity index (χ3v) is 6.53. The summed E-state index contributed by atoms with van der Waals surface area (Å²) >= 11 is 7.77. The van der Waals surface area contributed by atoms with Gasteiger partial charge in [0.05, 0.1) is 10.6 Å². The maximum Gasteiger partial charge on any atom is 0.0976 e. The number of halogens is 1. The molecule has 1 aliphatic carbocycles. The van der Waals surface area contributed by atoms with E-state index in [4.69, 9.17) is 11.6 Å². The minimum atomic E-state index is -0.0705. The molecule has 1 N–H and O–H groups in total. The topological polar surface area (TPSA) is 45.5 Å². The summed E-state index contributed by atoms with van der Waals surface area (Å²) in [7, 11) is 0. The second-order valence-electron chi connectivity index (χ2n) is 7.33. The molecule has 0 saturated carbocycles. The maximum absolute atomic E-state index is 9.61. The lowest BCUT2D eigenvalue weighted by molar-refractivity contribution is 0.295. The highest BCUT2D eigenvalue weighted by Gasteiger charge is 2.41.